The largest absolute Gasteiger partial charge is 0.463 e. The maximum absolute atomic E-state index is 13.7. The number of hydrogen-bond donors (Lipinski definition) is 1. The van der Waals surface area contributed by atoms with Crippen molar-refractivity contribution >= 4 is 17.8 Å². The number of morpholine rings is 1. The van der Waals surface area contributed by atoms with Crippen LogP contribution in [-0.4, -0.2) is 85.2 Å². The lowest BCUT2D eigenvalue weighted by Crippen LogP contribution is -2.65. The fourth-order valence-corrected chi connectivity index (χ4v) is 4.25. The highest BCUT2D eigenvalue weighted by atomic mass is 16.5. The normalized spacial score (nSPS) is 21.3. The van der Waals surface area contributed by atoms with E-state index < -0.39 is 29.1 Å². The molecular weight excluding hydrogens is 422 g/mol. The van der Waals surface area contributed by atoms with Crippen LogP contribution in [0.4, 0.5) is 0 Å². The summed E-state index contributed by atoms with van der Waals surface area (Å²) >= 11 is 0. The Balaban J connectivity index is 3.21. The summed E-state index contributed by atoms with van der Waals surface area (Å²) in [5.74, 6) is -0.786. The van der Waals surface area contributed by atoms with E-state index in [0.29, 0.717) is 25.3 Å². The minimum Gasteiger partial charge on any atom is -0.463 e. The number of rotatable bonds is 8. The summed E-state index contributed by atoms with van der Waals surface area (Å²) in [6.07, 6.45) is 1.77. The van der Waals surface area contributed by atoms with Gasteiger partial charge in [0.1, 0.15) is 12.1 Å². The van der Waals surface area contributed by atoms with Crippen LogP contribution in [0.25, 0.3) is 0 Å². The molecule has 1 rings (SSSR count). The summed E-state index contributed by atoms with van der Waals surface area (Å²) in [6.45, 7) is 18.5. The van der Waals surface area contributed by atoms with Gasteiger partial charge in [0.2, 0.25) is 11.8 Å². The number of amides is 2. The van der Waals surface area contributed by atoms with E-state index in [1.807, 2.05) is 60.4 Å². The summed E-state index contributed by atoms with van der Waals surface area (Å²) in [6, 6.07) is -1.60. The Bertz CT molecular complexity index is 739. The lowest BCUT2D eigenvalue weighted by atomic mass is 9.84. The van der Waals surface area contributed by atoms with Crippen LogP contribution in [0.1, 0.15) is 62.3 Å². The van der Waals surface area contributed by atoms with Crippen molar-refractivity contribution in [1.29, 1.82) is 0 Å². The summed E-state index contributed by atoms with van der Waals surface area (Å²) < 4.78 is 10.9. The Kier molecular flexibility index (Phi) is 10.1. The zero-order chi connectivity index (χ0) is 25.7. The van der Waals surface area contributed by atoms with E-state index in [1.54, 1.807) is 31.9 Å². The molecule has 0 saturated carbocycles. The molecule has 3 atom stereocenters. The molecule has 1 unspecified atom stereocenters. The second-order valence-electron chi connectivity index (χ2n) is 10.9. The zero-order valence-electron chi connectivity index (χ0n) is 22.4. The minimum absolute atomic E-state index is 0.0523. The smallest absolute Gasteiger partial charge is 0.333 e. The van der Waals surface area contributed by atoms with Gasteiger partial charge in [-0.25, -0.2) is 4.79 Å². The average Bonchev–Trinajstić information content (AvgIpc) is 2.67. The molecule has 0 aromatic carbocycles. The monoisotopic (exact) mass is 467 g/mol. The van der Waals surface area contributed by atoms with Crippen LogP contribution < -0.4 is 5.32 Å². The molecule has 1 aliphatic heterocycles. The van der Waals surface area contributed by atoms with Crippen molar-refractivity contribution in [3.8, 4) is 0 Å². The Morgan fingerprint density at radius 1 is 1.27 bits per heavy atom. The third kappa shape index (κ3) is 7.54. The molecule has 1 saturated heterocycles. The van der Waals surface area contributed by atoms with Gasteiger partial charge in [0.25, 0.3) is 0 Å². The summed E-state index contributed by atoms with van der Waals surface area (Å²) in [4.78, 5) is 42.8. The van der Waals surface area contributed by atoms with Gasteiger partial charge in [0.15, 0.2) is 0 Å². The van der Waals surface area contributed by atoms with Crippen LogP contribution in [0.5, 0.6) is 0 Å². The van der Waals surface area contributed by atoms with Gasteiger partial charge in [-0.3, -0.25) is 14.5 Å². The standard InChI is InChI=1S/C25H45N3O5/c1-12-32-23(31)17(4)15-18(16(2)3)28(11)22(30)19(24(5,6)7)26-21(29)20-25(8,9)33-14-13-27(20)10/h15-16,18-20H,12-14H2,1-11H3,(H,26,29)/t18-,19-,20?/m1/s1. The molecule has 2 amide bonds. The first-order valence-corrected chi connectivity index (χ1v) is 11.8. The lowest BCUT2D eigenvalue weighted by molar-refractivity contribution is -0.157. The third-order valence-corrected chi connectivity index (χ3v) is 6.16. The van der Waals surface area contributed by atoms with Crippen LogP contribution in [0, 0.1) is 11.3 Å². The van der Waals surface area contributed by atoms with E-state index in [-0.39, 0.29) is 23.8 Å². The van der Waals surface area contributed by atoms with Crippen molar-refractivity contribution < 1.29 is 23.9 Å². The summed E-state index contributed by atoms with van der Waals surface area (Å²) in [7, 11) is 3.61. The van der Waals surface area contributed by atoms with E-state index >= 15 is 0 Å². The average molecular weight is 468 g/mol. The van der Waals surface area contributed by atoms with Crippen LogP contribution in [0.2, 0.25) is 0 Å². The molecule has 1 N–H and O–H groups in total. The Labute approximate surface area is 200 Å². The number of likely N-dealkylation sites (N-methyl/N-ethyl adjacent to an activating group) is 2. The maximum atomic E-state index is 13.7. The number of esters is 1. The first-order valence-electron chi connectivity index (χ1n) is 11.8. The highest BCUT2D eigenvalue weighted by molar-refractivity contribution is 5.91. The van der Waals surface area contributed by atoms with E-state index in [2.05, 4.69) is 5.32 Å². The van der Waals surface area contributed by atoms with Gasteiger partial charge >= 0.3 is 5.97 Å². The van der Waals surface area contributed by atoms with Crippen molar-refractivity contribution in [1.82, 2.24) is 15.1 Å². The molecule has 0 radical (unpaired) electrons. The molecule has 0 aromatic heterocycles. The molecule has 0 aliphatic carbocycles. The molecule has 0 spiro atoms. The predicted molar refractivity (Wildman–Crippen MR) is 130 cm³/mol. The van der Waals surface area contributed by atoms with Crippen LogP contribution in [0.15, 0.2) is 11.6 Å². The van der Waals surface area contributed by atoms with Crippen LogP contribution in [0.3, 0.4) is 0 Å². The molecule has 1 fully saturated rings. The molecule has 1 aliphatic rings. The van der Waals surface area contributed by atoms with Gasteiger partial charge < -0.3 is 19.7 Å². The summed E-state index contributed by atoms with van der Waals surface area (Å²) in [5, 5.41) is 3.02. The lowest BCUT2D eigenvalue weighted by Gasteiger charge is -2.45. The Hall–Kier alpha value is -1.93. The SMILES string of the molecule is CCOC(=O)C(C)=C[C@H](C(C)C)N(C)C(=O)[C@@H](NC(=O)C1N(C)CCOC1(C)C)C(C)(C)C. The molecule has 8 heteroatoms. The van der Waals surface area contributed by atoms with E-state index in [9.17, 15) is 14.4 Å². The second-order valence-corrected chi connectivity index (χ2v) is 10.9. The van der Waals surface area contributed by atoms with Gasteiger partial charge in [-0.1, -0.05) is 40.7 Å². The third-order valence-electron chi connectivity index (χ3n) is 6.16. The number of hydrogen-bond acceptors (Lipinski definition) is 6. The van der Waals surface area contributed by atoms with E-state index in [4.69, 9.17) is 9.47 Å². The highest BCUT2D eigenvalue weighted by Crippen LogP contribution is 2.27. The van der Waals surface area contributed by atoms with Crippen molar-refractivity contribution in [2.75, 3.05) is 33.9 Å². The quantitative estimate of drug-likeness (QED) is 0.436. The molecule has 190 valence electrons. The topological polar surface area (TPSA) is 88.2 Å². The molecule has 33 heavy (non-hydrogen) atoms. The van der Waals surface area contributed by atoms with E-state index in [0.717, 1.165) is 0 Å². The highest BCUT2D eigenvalue weighted by Gasteiger charge is 2.45. The Morgan fingerprint density at radius 2 is 1.85 bits per heavy atom. The van der Waals surface area contributed by atoms with Gasteiger partial charge in [-0.15, -0.1) is 0 Å². The van der Waals surface area contributed by atoms with Crippen molar-refractivity contribution in [3.63, 3.8) is 0 Å². The van der Waals surface area contributed by atoms with Gasteiger partial charge in [-0.05, 0) is 46.1 Å². The van der Waals surface area contributed by atoms with Crippen LogP contribution in [-0.2, 0) is 23.9 Å². The van der Waals surface area contributed by atoms with Gasteiger partial charge in [0.05, 0.1) is 24.9 Å². The first kappa shape index (κ1) is 29.1. The fourth-order valence-electron chi connectivity index (χ4n) is 4.25. The molecule has 1 heterocycles. The van der Waals surface area contributed by atoms with Crippen molar-refractivity contribution in [2.45, 2.75) is 86.0 Å². The number of nitrogens with one attached hydrogen (secondary N) is 1. The maximum Gasteiger partial charge on any atom is 0.333 e. The first-order chi connectivity index (χ1) is 15.0. The molecule has 8 nitrogen and oxygen atoms in total. The molecule has 0 aromatic rings. The van der Waals surface area contributed by atoms with Crippen molar-refractivity contribution in [2.24, 2.45) is 11.3 Å². The van der Waals surface area contributed by atoms with Crippen LogP contribution >= 0.6 is 0 Å². The zero-order valence-corrected chi connectivity index (χ0v) is 22.4. The number of carbonyl (C=O) groups is 3. The predicted octanol–water partition coefficient (Wildman–Crippen LogP) is 2.62. The second kappa shape index (κ2) is 11.5. The van der Waals surface area contributed by atoms with E-state index in [1.165, 1.54) is 0 Å². The number of ether oxygens (including phenoxy) is 2. The fraction of sp³-hybridized carbons (Fsp3) is 0.800. The molecular formula is C25H45N3O5. The number of nitrogens with zero attached hydrogens (tertiary/aromatic N) is 2. The van der Waals surface area contributed by atoms with Gasteiger partial charge in [0, 0.05) is 19.2 Å². The number of carbonyl (C=O) groups excluding carboxylic acids is 3. The van der Waals surface area contributed by atoms with Gasteiger partial charge in [-0.2, -0.15) is 0 Å². The Morgan fingerprint density at radius 3 is 2.30 bits per heavy atom. The minimum atomic E-state index is -0.751. The summed E-state index contributed by atoms with van der Waals surface area (Å²) in [5.41, 5.74) is -0.746. The molecule has 0 bridgehead atoms. The van der Waals surface area contributed by atoms with Crippen molar-refractivity contribution in [3.05, 3.63) is 11.6 Å².